The largest absolute Gasteiger partial charge is 0.368 e. The lowest BCUT2D eigenvalue weighted by atomic mass is 10.3. The van der Waals surface area contributed by atoms with Crippen LogP contribution in [-0.4, -0.2) is 31.0 Å². The number of thiazole rings is 1. The van der Waals surface area contributed by atoms with Crippen molar-refractivity contribution in [1.82, 2.24) is 10.3 Å². The van der Waals surface area contributed by atoms with Gasteiger partial charge >= 0.3 is 0 Å². The molecule has 5 heteroatoms. The number of aldehydes is 1. The average Bonchev–Trinajstić information content (AvgIpc) is 2.67. The van der Waals surface area contributed by atoms with Gasteiger partial charge < -0.3 is 10.1 Å². The Balaban J connectivity index is 2.09. The van der Waals surface area contributed by atoms with Crippen LogP contribution in [-0.2, 0) is 4.74 Å². The minimum Gasteiger partial charge on any atom is -0.368 e. The third-order valence-electron chi connectivity index (χ3n) is 1.86. The molecule has 2 rings (SSSR count). The summed E-state index contributed by atoms with van der Waals surface area (Å²) in [7, 11) is 0. The molecule has 70 valence electrons. The van der Waals surface area contributed by atoms with Gasteiger partial charge in [-0.3, -0.25) is 4.79 Å². The summed E-state index contributed by atoms with van der Waals surface area (Å²) in [5.74, 6) is 0. The molecular weight excluding hydrogens is 188 g/mol. The van der Waals surface area contributed by atoms with E-state index in [-0.39, 0.29) is 6.10 Å². The predicted octanol–water partition coefficient (Wildman–Crippen LogP) is 0.617. The minimum atomic E-state index is 0.0208. The van der Waals surface area contributed by atoms with E-state index in [1.807, 2.05) is 0 Å². The number of morpholine rings is 1. The van der Waals surface area contributed by atoms with E-state index in [9.17, 15) is 4.79 Å². The molecule has 0 aromatic carbocycles. The molecule has 1 aromatic rings. The fourth-order valence-corrected chi connectivity index (χ4v) is 2.04. The number of hydrogen-bond acceptors (Lipinski definition) is 5. The van der Waals surface area contributed by atoms with Crippen molar-refractivity contribution in [2.75, 3.05) is 19.7 Å². The molecule has 0 aliphatic carbocycles. The molecule has 0 saturated carbocycles. The molecule has 2 heterocycles. The monoisotopic (exact) mass is 198 g/mol. The number of carbonyl (C=O) groups is 1. The summed E-state index contributed by atoms with van der Waals surface area (Å²) in [5, 5.41) is 5.85. The normalized spacial score (nSPS) is 22.9. The van der Waals surface area contributed by atoms with Crippen molar-refractivity contribution in [1.29, 1.82) is 0 Å². The number of aromatic nitrogens is 1. The predicted molar refractivity (Wildman–Crippen MR) is 49.1 cm³/mol. The molecule has 0 amide bonds. The van der Waals surface area contributed by atoms with Crippen LogP contribution in [0, 0.1) is 0 Å². The van der Waals surface area contributed by atoms with Gasteiger partial charge in [0.05, 0.1) is 6.61 Å². The topological polar surface area (TPSA) is 51.2 Å². The Morgan fingerprint density at radius 1 is 1.77 bits per heavy atom. The standard InChI is InChI=1S/C8H10N2O2S/c11-4-6-5-13-8(10-6)7-3-9-1-2-12-7/h4-5,7,9H,1-3H2. The molecule has 1 fully saturated rings. The summed E-state index contributed by atoms with van der Waals surface area (Å²) in [6.45, 7) is 2.38. The van der Waals surface area contributed by atoms with Gasteiger partial charge in [-0.15, -0.1) is 11.3 Å². The molecule has 1 N–H and O–H groups in total. The summed E-state index contributed by atoms with van der Waals surface area (Å²) < 4.78 is 5.49. The van der Waals surface area contributed by atoms with Crippen LogP contribution < -0.4 is 5.32 Å². The second-order valence-corrected chi connectivity index (χ2v) is 3.68. The molecule has 1 saturated heterocycles. The van der Waals surface area contributed by atoms with Crippen LogP contribution >= 0.6 is 11.3 Å². The summed E-state index contributed by atoms with van der Waals surface area (Å²) >= 11 is 1.47. The van der Waals surface area contributed by atoms with Crippen LogP contribution in [0.2, 0.25) is 0 Å². The molecule has 4 nitrogen and oxygen atoms in total. The smallest absolute Gasteiger partial charge is 0.169 e. The molecule has 1 aliphatic rings. The van der Waals surface area contributed by atoms with Gasteiger partial charge in [-0.25, -0.2) is 4.98 Å². The van der Waals surface area contributed by atoms with E-state index in [1.165, 1.54) is 11.3 Å². The third-order valence-corrected chi connectivity index (χ3v) is 2.82. The van der Waals surface area contributed by atoms with Crippen molar-refractivity contribution in [3.8, 4) is 0 Å². The second-order valence-electron chi connectivity index (χ2n) is 2.79. The van der Waals surface area contributed by atoms with Crippen molar-refractivity contribution < 1.29 is 9.53 Å². The summed E-state index contributed by atoms with van der Waals surface area (Å²) in [4.78, 5) is 14.5. The van der Waals surface area contributed by atoms with Crippen molar-refractivity contribution in [3.05, 3.63) is 16.1 Å². The molecular formula is C8H10N2O2S. The van der Waals surface area contributed by atoms with E-state index >= 15 is 0 Å². The highest BCUT2D eigenvalue weighted by molar-refractivity contribution is 7.09. The number of carbonyl (C=O) groups excluding carboxylic acids is 1. The molecule has 1 aromatic heterocycles. The Labute approximate surface area is 79.9 Å². The number of ether oxygens (including phenoxy) is 1. The average molecular weight is 198 g/mol. The Hall–Kier alpha value is -0.780. The van der Waals surface area contributed by atoms with Crippen molar-refractivity contribution in [3.63, 3.8) is 0 Å². The van der Waals surface area contributed by atoms with Crippen LogP contribution in [0.25, 0.3) is 0 Å². The van der Waals surface area contributed by atoms with Crippen LogP contribution in [0.4, 0.5) is 0 Å². The molecule has 0 spiro atoms. The lowest BCUT2D eigenvalue weighted by Gasteiger charge is -2.21. The quantitative estimate of drug-likeness (QED) is 0.708. The molecule has 0 radical (unpaired) electrons. The molecule has 13 heavy (non-hydrogen) atoms. The number of hydrogen-bond donors (Lipinski definition) is 1. The van der Waals surface area contributed by atoms with E-state index in [0.29, 0.717) is 12.3 Å². The lowest BCUT2D eigenvalue weighted by molar-refractivity contribution is 0.0275. The van der Waals surface area contributed by atoms with Gasteiger partial charge in [-0.05, 0) is 0 Å². The van der Waals surface area contributed by atoms with Gasteiger partial charge in [0, 0.05) is 18.5 Å². The van der Waals surface area contributed by atoms with Crippen LogP contribution in [0.1, 0.15) is 21.6 Å². The zero-order valence-electron chi connectivity index (χ0n) is 7.03. The van der Waals surface area contributed by atoms with Gasteiger partial charge in [0.25, 0.3) is 0 Å². The highest BCUT2D eigenvalue weighted by Crippen LogP contribution is 2.21. The first kappa shape index (κ1) is 8.80. The first-order chi connectivity index (χ1) is 6.40. The van der Waals surface area contributed by atoms with E-state index in [1.54, 1.807) is 5.38 Å². The number of nitrogens with zero attached hydrogens (tertiary/aromatic N) is 1. The van der Waals surface area contributed by atoms with E-state index in [0.717, 1.165) is 24.4 Å². The van der Waals surface area contributed by atoms with E-state index in [2.05, 4.69) is 10.3 Å². The Kier molecular flexibility index (Phi) is 2.68. The fraction of sp³-hybridized carbons (Fsp3) is 0.500. The number of nitrogens with one attached hydrogen (secondary N) is 1. The van der Waals surface area contributed by atoms with Gasteiger partial charge in [0.1, 0.15) is 16.8 Å². The van der Waals surface area contributed by atoms with Crippen LogP contribution in [0.5, 0.6) is 0 Å². The van der Waals surface area contributed by atoms with E-state index < -0.39 is 0 Å². The van der Waals surface area contributed by atoms with Crippen LogP contribution in [0.3, 0.4) is 0 Å². The lowest BCUT2D eigenvalue weighted by Crippen LogP contribution is -2.33. The summed E-state index contributed by atoms with van der Waals surface area (Å²) in [6, 6.07) is 0. The molecule has 1 aliphatic heterocycles. The maximum atomic E-state index is 10.4. The van der Waals surface area contributed by atoms with Crippen molar-refractivity contribution >= 4 is 17.6 Å². The summed E-state index contributed by atoms with van der Waals surface area (Å²) in [6.07, 6.45) is 0.781. The van der Waals surface area contributed by atoms with Gasteiger partial charge in [-0.2, -0.15) is 0 Å². The van der Waals surface area contributed by atoms with Gasteiger partial charge in [0.15, 0.2) is 6.29 Å². The first-order valence-corrected chi connectivity index (χ1v) is 5.01. The number of rotatable bonds is 2. The Morgan fingerprint density at radius 2 is 2.69 bits per heavy atom. The SMILES string of the molecule is O=Cc1csc(C2CNCCO2)n1. The van der Waals surface area contributed by atoms with Crippen molar-refractivity contribution in [2.45, 2.75) is 6.10 Å². The molecule has 1 unspecified atom stereocenters. The third kappa shape index (κ3) is 1.93. The molecule has 1 atom stereocenters. The highest BCUT2D eigenvalue weighted by Gasteiger charge is 2.18. The summed E-state index contributed by atoms with van der Waals surface area (Å²) in [5.41, 5.74) is 0.495. The van der Waals surface area contributed by atoms with Gasteiger partial charge in [0.2, 0.25) is 0 Å². The maximum Gasteiger partial charge on any atom is 0.169 e. The first-order valence-electron chi connectivity index (χ1n) is 4.13. The second kappa shape index (κ2) is 3.95. The zero-order chi connectivity index (χ0) is 9.10. The Morgan fingerprint density at radius 3 is 3.31 bits per heavy atom. The van der Waals surface area contributed by atoms with Gasteiger partial charge in [-0.1, -0.05) is 0 Å². The maximum absolute atomic E-state index is 10.4. The fourth-order valence-electron chi connectivity index (χ4n) is 1.23. The minimum absolute atomic E-state index is 0.0208. The zero-order valence-corrected chi connectivity index (χ0v) is 7.84. The van der Waals surface area contributed by atoms with Crippen LogP contribution in [0.15, 0.2) is 5.38 Å². The molecule has 0 bridgehead atoms. The van der Waals surface area contributed by atoms with E-state index in [4.69, 9.17) is 4.74 Å². The Bertz CT molecular complexity index is 294. The highest BCUT2D eigenvalue weighted by atomic mass is 32.1. The van der Waals surface area contributed by atoms with Crippen molar-refractivity contribution in [2.24, 2.45) is 0 Å².